The van der Waals surface area contributed by atoms with Crippen molar-refractivity contribution < 1.29 is 19.6 Å². The van der Waals surface area contributed by atoms with Crippen LogP contribution in [0.3, 0.4) is 0 Å². The van der Waals surface area contributed by atoms with Crippen LogP contribution in [0.4, 0.5) is 0 Å². The molecule has 1 fully saturated rings. The second-order valence-corrected chi connectivity index (χ2v) is 8.17. The third-order valence-electron chi connectivity index (χ3n) is 6.25. The Morgan fingerprint density at radius 1 is 1.13 bits per heavy atom. The molecule has 6 heteroatoms. The highest BCUT2D eigenvalue weighted by atomic mass is 16.5. The summed E-state index contributed by atoms with van der Waals surface area (Å²) < 4.78 is 0. The Morgan fingerprint density at radius 3 is 2.70 bits per heavy atom. The highest BCUT2D eigenvalue weighted by Gasteiger charge is 2.37. The van der Waals surface area contributed by atoms with Gasteiger partial charge in [-0.25, -0.2) is 5.06 Å². The minimum Gasteiger partial charge on any atom is -0.293 e. The fourth-order valence-electron chi connectivity index (χ4n) is 4.65. The van der Waals surface area contributed by atoms with E-state index in [4.69, 9.17) is 0 Å². The zero-order valence-electron chi connectivity index (χ0n) is 16.5. The molecule has 0 aromatic heterocycles. The van der Waals surface area contributed by atoms with Crippen molar-refractivity contribution in [2.45, 2.75) is 19.3 Å². The van der Waals surface area contributed by atoms with Crippen molar-refractivity contribution in [3.8, 4) is 0 Å². The first kappa shape index (κ1) is 18.9. The number of likely N-dealkylation sites (tertiary alicyclic amines) is 1. The zero-order valence-corrected chi connectivity index (χ0v) is 16.5. The van der Waals surface area contributed by atoms with Gasteiger partial charge in [0.15, 0.2) is 11.6 Å². The van der Waals surface area contributed by atoms with Gasteiger partial charge in [0.1, 0.15) is 6.67 Å². The normalized spacial score (nSPS) is 22.9. The van der Waals surface area contributed by atoms with Crippen LogP contribution in [-0.4, -0.2) is 52.4 Å². The molecule has 1 amide bonds. The van der Waals surface area contributed by atoms with Gasteiger partial charge in [0, 0.05) is 11.1 Å². The maximum absolute atomic E-state index is 13.1. The number of rotatable bonds is 3. The monoisotopic (exact) mass is 402 g/mol. The van der Waals surface area contributed by atoms with Gasteiger partial charge in [-0.1, -0.05) is 42.5 Å². The van der Waals surface area contributed by atoms with E-state index in [2.05, 4.69) is 0 Å². The topological polar surface area (TPSA) is 77.9 Å². The number of carbonyl (C=O) groups is 3. The molecule has 0 saturated carbocycles. The Morgan fingerprint density at radius 2 is 1.90 bits per heavy atom. The summed E-state index contributed by atoms with van der Waals surface area (Å²) in [6.45, 7) is 1.74. The smallest absolute Gasteiger partial charge is 0.282 e. The average molecular weight is 402 g/mol. The molecule has 152 valence electrons. The molecule has 1 atom stereocenters. The Hall–Kier alpha value is -3.09. The van der Waals surface area contributed by atoms with Crippen LogP contribution in [0.5, 0.6) is 0 Å². The van der Waals surface area contributed by atoms with E-state index in [1.165, 1.54) is 6.08 Å². The molecule has 1 aromatic rings. The first-order valence-corrected chi connectivity index (χ1v) is 10.3. The van der Waals surface area contributed by atoms with Crippen molar-refractivity contribution in [2.75, 3.05) is 19.8 Å². The van der Waals surface area contributed by atoms with Gasteiger partial charge in [-0.15, -0.1) is 0 Å². The van der Waals surface area contributed by atoms with Crippen molar-refractivity contribution in [2.24, 2.45) is 5.92 Å². The van der Waals surface area contributed by atoms with Crippen LogP contribution in [-0.2, 0) is 16.0 Å². The SMILES string of the molecule is O=C1C2=CC3C(=O)C(C(=O)N(O)CN4CCCC4)=CC=C3C=C2Cc2ccccc21. The van der Waals surface area contributed by atoms with E-state index in [1.54, 1.807) is 18.2 Å². The Bertz CT molecular complexity index is 1090. The molecule has 4 aliphatic rings. The van der Waals surface area contributed by atoms with E-state index in [9.17, 15) is 19.6 Å². The van der Waals surface area contributed by atoms with Gasteiger partial charge in [0.05, 0.1) is 11.5 Å². The third-order valence-corrected chi connectivity index (χ3v) is 6.25. The first-order valence-electron chi connectivity index (χ1n) is 10.3. The summed E-state index contributed by atoms with van der Waals surface area (Å²) in [4.78, 5) is 40.8. The van der Waals surface area contributed by atoms with Crippen LogP contribution in [0.15, 0.2) is 70.9 Å². The molecule has 1 aliphatic heterocycles. The molecule has 30 heavy (non-hydrogen) atoms. The maximum Gasteiger partial charge on any atom is 0.282 e. The molecule has 0 bridgehead atoms. The van der Waals surface area contributed by atoms with E-state index in [0.717, 1.165) is 42.6 Å². The molecular weight excluding hydrogens is 380 g/mol. The number of carbonyl (C=O) groups excluding carboxylic acids is 3. The van der Waals surface area contributed by atoms with Crippen LogP contribution >= 0.6 is 0 Å². The van der Waals surface area contributed by atoms with E-state index in [-0.39, 0.29) is 23.8 Å². The number of allylic oxidation sites excluding steroid dienone is 7. The number of nitrogens with zero attached hydrogens (tertiary/aromatic N) is 2. The Kier molecular flexibility index (Phi) is 4.60. The van der Waals surface area contributed by atoms with Gasteiger partial charge < -0.3 is 0 Å². The molecule has 1 unspecified atom stereocenters. The van der Waals surface area contributed by atoms with E-state index < -0.39 is 11.8 Å². The number of amides is 1. The number of ketones is 2. The second kappa shape index (κ2) is 7.31. The minimum atomic E-state index is -0.698. The molecule has 1 aromatic carbocycles. The average Bonchev–Trinajstić information content (AvgIpc) is 3.26. The number of hydroxylamine groups is 2. The minimum absolute atomic E-state index is 0.0530. The predicted octanol–water partition coefficient (Wildman–Crippen LogP) is 2.61. The van der Waals surface area contributed by atoms with Crippen molar-refractivity contribution >= 4 is 17.5 Å². The lowest BCUT2D eigenvalue weighted by Crippen LogP contribution is -2.41. The van der Waals surface area contributed by atoms with Gasteiger partial charge >= 0.3 is 0 Å². The van der Waals surface area contributed by atoms with Gasteiger partial charge in [-0.05, 0) is 55.1 Å². The fourth-order valence-corrected chi connectivity index (χ4v) is 4.65. The van der Waals surface area contributed by atoms with Crippen molar-refractivity contribution in [3.05, 3.63) is 82.0 Å². The van der Waals surface area contributed by atoms with E-state index in [0.29, 0.717) is 22.6 Å². The highest BCUT2D eigenvalue weighted by Crippen LogP contribution is 2.38. The summed E-state index contributed by atoms with van der Waals surface area (Å²) in [5.74, 6) is -1.85. The zero-order chi connectivity index (χ0) is 20.8. The van der Waals surface area contributed by atoms with E-state index >= 15 is 0 Å². The predicted molar refractivity (Wildman–Crippen MR) is 110 cm³/mol. The number of Topliss-reactive ketones (excluding diaryl/α,β-unsaturated/α-hetero) is 2. The van der Waals surface area contributed by atoms with Gasteiger partial charge in [0.2, 0.25) is 0 Å². The fraction of sp³-hybridized carbons (Fsp3) is 0.292. The summed E-state index contributed by atoms with van der Waals surface area (Å²) in [5.41, 5.74) is 3.80. The largest absolute Gasteiger partial charge is 0.293 e. The number of hydrogen-bond acceptors (Lipinski definition) is 5. The summed E-state index contributed by atoms with van der Waals surface area (Å²) in [7, 11) is 0. The molecule has 3 aliphatic carbocycles. The van der Waals surface area contributed by atoms with Crippen molar-refractivity contribution in [1.29, 1.82) is 0 Å². The summed E-state index contributed by atoms with van der Waals surface area (Å²) in [6, 6.07) is 7.51. The molecule has 1 saturated heterocycles. The van der Waals surface area contributed by atoms with Crippen molar-refractivity contribution in [3.63, 3.8) is 0 Å². The van der Waals surface area contributed by atoms with Gasteiger partial charge in [-0.2, -0.15) is 0 Å². The van der Waals surface area contributed by atoms with Crippen LogP contribution in [0, 0.1) is 5.92 Å². The van der Waals surface area contributed by atoms with E-state index in [1.807, 2.05) is 29.2 Å². The maximum atomic E-state index is 13.1. The molecule has 0 radical (unpaired) electrons. The lowest BCUT2D eigenvalue weighted by atomic mass is 9.73. The molecule has 5 rings (SSSR count). The van der Waals surface area contributed by atoms with Crippen LogP contribution in [0.2, 0.25) is 0 Å². The Balaban J connectivity index is 1.42. The lowest BCUT2D eigenvalue weighted by Gasteiger charge is -2.30. The standard InChI is InChI=1S/C24H22N2O4/c27-22-18-6-2-1-5-15(18)11-17-12-16-7-8-19(23(28)20(16)13-21(17)22)24(29)26(30)14-25-9-3-4-10-25/h1-2,5-8,12-13,20,30H,3-4,9-11,14H2. The van der Waals surface area contributed by atoms with Gasteiger partial charge in [-0.3, -0.25) is 24.5 Å². The Labute approximate surface area is 174 Å². The summed E-state index contributed by atoms with van der Waals surface area (Å²) in [6.07, 6.45) is 9.53. The van der Waals surface area contributed by atoms with Crippen molar-refractivity contribution in [1.82, 2.24) is 9.96 Å². The first-order chi connectivity index (χ1) is 14.5. The number of fused-ring (bicyclic) bond motifs is 3. The third kappa shape index (κ3) is 3.09. The summed E-state index contributed by atoms with van der Waals surface area (Å²) >= 11 is 0. The molecule has 6 nitrogen and oxygen atoms in total. The van der Waals surface area contributed by atoms with Crippen LogP contribution < -0.4 is 0 Å². The van der Waals surface area contributed by atoms with Crippen LogP contribution in [0.1, 0.15) is 28.8 Å². The molecule has 1 heterocycles. The summed E-state index contributed by atoms with van der Waals surface area (Å²) in [5, 5.41) is 10.8. The quantitative estimate of drug-likeness (QED) is 0.478. The van der Waals surface area contributed by atoms with Gasteiger partial charge in [0.25, 0.3) is 5.91 Å². The number of hydrogen-bond donors (Lipinski definition) is 1. The molecule has 0 spiro atoms. The molecular formula is C24H22N2O4. The molecule has 1 N–H and O–H groups in total. The van der Waals surface area contributed by atoms with Crippen LogP contribution in [0.25, 0.3) is 0 Å². The highest BCUT2D eigenvalue weighted by molar-refractivity contribution is 6.23. The lowest BCUT2D eigenvalue weighted by molar-refractivity contribution is -0.169. The second-order valence-electron chi connectivity index (χ2n) is 8.17. The number of benzene rings is 1.